The second-order valence-electron chi connectivity index (χ2n) is 7.33. The van der Waals surface area contributed by atoms with E-state index in [1.165, 1.54) is 24.3 Å². The van der Waals surface area contributed by atoms with Crippen LogP contribution >= 0.6 is 0 Å². The molecule has 0 radical (unpaired) electrons. The number of aliphatic hydroxyl groups excluding tert-OH is 3. The number of rotatable bonds is 4. The number of carboxylic acids is 1. The largest absolute Gasteiger partial charge is 0.508 e. The Kier molecular flexibility index (Phi) is 5.59. The van der Waals surface area contributed by atoms with Gasteiger partial charge in [0.05, 0.1) is 0 Å². The lowest BCUT2D eigenvalue weighted by Crippen LogP contribution is -2.61. The highest BCUT2D eigenvalue weighted by Gasteiger charge is 2.48. The number of phenols is 3. The van der Waals surface area contributed by atoms with Gasteiger partial charge in [-0.1, -0.05) is 0 Å². The Bertz CT molecular complexity index is 1260. The van der Waals surface area contributed by atoms with Crippen LogP contribution in [0.1, 0.15) is 0 Å². The van der Waals surface area contributed by atoms with Crippen LogP contribution in [0, 0.1) is 0 Å². The van der Waals surface area contributed by atoms with Crippen LogP contribution in [0.25, 0.3) is 22.3 Å². The zero-order valence-corrected chi connectivity index (χ0v) is 16.5. The molecule has 7 N–H and O–H groups in total. The molecule has 1 aliphatic heterocycles. The molecule has 1 aromatic heterocycles. The highest BCUT2D eigenvalue weighted by atomic mass is 16.7. The summed E-state index contributed by atoms with van der Waals surface area (Å²) in [7, 11) is 0. The highest BCUT2D eigenvalue weighted by Crippen LogP contribution is 2.37. The van der Waals surface area contributed by atoms with Crippen LogP contribution in [0.5, 0.6) is 23.0 Å². The Morgan fingerprint density at radius 2 is 1.58 bits per heavy atom. The topological polar surface area (TPSA) is 207 Å². The Hall–Kier alpha value is -3.84. The van der Waals surface area contributed by atoms with Crippen molar-refractivity contribution >= 4 is 16.9 Å². The van der Waals surface area contributed by atoms with Gasteiger partial charge in [0.25, 0.3) is 0 Å². The van der Waals surface area contributed by atoms with Crippen molar-refractivity contribution in [3.63, 3.8) is 0 Å². The van der Waals surface area contributed by atoms with Gasteiger partial charge in [-0.25, -0.2) is 4.79 Å². The minimum Gasteiger partial charge on any atom is -0.508 e. The molecule has 12 heteroatoms. The lowest BCUT2D eigenvalue weighted by Gasteiger charge is -2.38. The maximum absolute atomic E-state index is 13.2. The lowest BCUT2D eigenvalue weighted by atomic mass is 9.99. The number of hydrogen-bond acceptors (Lipinski definition) is 11. The standard InChI is InChI=1S/C21H18O12/c22-8-3-1-7(2-4-8)17-18(13(25)12-10(24)5-9(23)6-11(12)31-17)32-21-16(28)14(26)15(27)19(33-21)20(29)30/h1-6,14-16,19,21-24,26-28H,(H,29,30)/t14-,15-,16+,19-,21?/m0/s1. The second-order valence-corrected chi connectivity index (χ2v) is 7.33. The first kappa shape index (κ1) is 22.4. The quantitative estimate of drug-likeness (QED) is 0.270. The fourth-order valence-corrected chi connectivity index (χ4v) is 3.44. The number of hydrogen-bond donors (Lipinski definition) is 7. The van der Waals surface area contributed by atoms with E-state index in [0.29, 0.717) is 0 Å². The average molecular weight is 462 g/mol. The number of phenolic OH excluding ortho intramolecular Hbond substituents is 3. The molecule has 174 valence electrons. The number of fused-ring (bicyclic) bond motifs is 1. The molecular weight excluding hydrogens is 444 g/mol. The van der Waals surface area contributed by atoms with E-state index < -0.39 is 64.7 Å². The third kappa shape index (κ3) is 3.91. The molecule has 12 nitrogen and oxygen atoms in total. The van der Waals surface area contributed by atoms with Gasteiger partial charge in [0.1, 0.15) is 46.5 Å². The van der Waals surface area contributed by atoms with E-state index in [1.807, 2.05) is 0 Å². The van der Waals surface area contributed by atoms with Crippen LogP contribution in [0.15, 0.2) is 45.6 Å². The molecule has 33 heavy (non-hydrogen) atoms. The zero-order chi connectivity index (χ0) is 24.0. The van der Waals surface area contributed by atoms with Crippen LogP contribution in [-0.4, -0.2) is 72.4 Å². The van der Waals surface area contributed by atoms with E-state index in [9.17, 15) is 45.3 Å². The van der Waals surface area contributed by atoms with Gasteiger partial charge in [0, 0.05) is 17.7 Å². The molecule has 0 spiro atoms. The van der Waals surface area contributed by atoms with Gasteiger partial charge >= 0.3 is 5.97 Å². The van der Waals surface area contributed by atoms with Gasteiger partial charge in [-0.15, -0.1) is 0 Å². The minimum atomic E-state index is -1.99. The molecule has 0 bridgehead atoms. The summed E-state index contributed by atoms with van der Waals surface area (Å²) in [6.07, 6.45) is -9.84. The summed E-state index contributed by atoms with van der Waals surface area (Å²) in [5.74, 6) is -3.72. The molecule has 4 rings (SSSR count). The molecule has 1 unspecified atom stereocenters. The first-order chi connectivity index (χ1) is 15.6. The fraction of sp³-hybridized carbons (Fsp3) is 0.238. The second kappa shape index (κ2) is 8.26. The SMILES string of the molecule is O=C(O)[C@H]1OC(Oc2c(-c3ccc(O)cc3)oc3cc(O)cc(O)c3c2=O)[C@H](O)[C@@H](O)[C@@H]1O. The molecule has 0 aliphatic carbocycles. The average Bonchev–Trinajstić information content (AvgIpc) is 2.75. The van der Waals surface area contributed by atoms with Crippen molar-refractivity contribution in [3.05, 3.63) is 46.6 Å². The van der Waals surface area contributed by atoms with E-state index in [2.05, 4.69) is 0 Å². The number of benzene rings is 2. The Morgan fingerprint density at radius 3 is 2.21 bits per heavy atom. The Labute approximate surface area is 183 Å². The Morgan fingerprint density at radius 1 is 0.909 bits per heavy atom. The van der Waals surface area contributed by atoms with E-state index in [4.69, 9.17) is 13.9 Å². The summed E-state index contributed by atoms with van der Waals surface area (Å²) in [6.45, 7) is 0. The van der Waals surface area contributed by atoms with Crippen LogP contribution in [0.4, 0.5) is 0 Å². The molecule has 0 saturated carbocycles. The summed E-state index contributed by atoms with van der Waals surface area (Å²) in [6, 6.07) is 7.20. The van der Waals surface area contributed by atoms with Crippen molar-refractivity contribution < 1.29 is 54.4 Å². The maximum atomic E-state index is 13.2. The number of aliphatic carboxylic acids is 1. The number of carbonyl (C=O) groups is 1. The molecule has 1 aliphatic rings. The summed E-state index contributed by atoms with van der Waals surface area (Å²) in [5.41, 5.74) is -1.01. The summed E-state index contributed by atoms with van der Waals surface area (Å²) in [4.78, 5) is 24.6. The van der Waals surface area contributed by atoms with Crippen molar-refractivity contribution in [2.45, 2.75) is 30.7 Å². The first-order valence-electron chi connectivity index (χ1n) is 9.49. The first-order valence-corrected chi connectivity index (χ1v) is 9.49. The van der Waals surface area contributed by atoms with Crippen molar-refractivity contribution in [1.29, 1.82) is 0 Å². The minimum absolute atomic E-state index is 0.105. The third-order valence-electron chi connectivity index (χ3n) is 5.09. The van der Waals surface area contributed by atoms with Crippen LogP contribution in [0.3, 0.4) is 0 Å². The maximum Gasteiger partial charge on any atom is 0.335 e. The molecule has 0 amide bonds. The molecule has 5 atom stereocenters. The highest BCUT2D eigenvalue weighted by molar-refractivity contribution is 5.88. The van der Waals surface area contributed by atoms with E-state index in [1.54, 1.807) is 0 Å². The van der Waals surface area contributed by atoms with E-state index in [0.717, 1.165) is 12.1 Å². The molecule has 2 heterocycles. The molecular formula is C21H18O12. The van der Waals surface area contributed by atoms with Gasteiger partial charge in [-0.05, 0) is 24.3 Å². The summed E-state index contributed by atoms with van der Waals surface area (Å²) >= 11 is 0. The van der Waals surface area contributed by atoms with Gasteiger partial charge in [0.2, 0.25) is 17.5 Å². The van der Waals surface area contributed by atoms with Gasteiger partial charge in [-0.2, -0.15) is 0 Å². The van der Waals surface area contributed by atoms with Gasteiger partial charge in [-0.3, -0.25) is 4.79 Å². The number of aliphatic hydroxyl groups is 3. The predicted molar refractivity (Wildman–Crippen MR) is 108 cm³/mol. The monoisotopic (exact) mass is 462 g/mol. The van der Waals surface area contributed by atoms with E-state index >= 15 is 0 Å². The predicted octanol–water partition coefficient (Wildman–Crippen LogP) is -0.152. The molecule has 1 saturated heterocycles. The van der Waals surface area contributed by atoms with Crippen molar-refractivity contribution in [3.8, 4) is 34.3 Å². The third-order valence-corrected chi connectivity index (χ3v) is 5.09. The number of ether oxygens (including phenoxy) is 2. The molecule has 1 fully saturated rings. The van der Waals surface area contributed by atoms with Crippen molar-refractivity contribution in [2.75, 3.05) is 0 Å². The Balaban J connectivity index is 1.89. The smallest absolute Gasteiger partial charge is 0.335 e. The molecule has 2 aromatic carbocycles. The molecule has 3 aromatic rings. The van der Waals surface area contributed by atoms with E-state index in [-0.39, 0.29) is 22.7 Å². The van der Waals surface area contributed by atoms with Gasteiger partial charge in [0.15, 0.2) is 11.9 Å². The van der Waals surface area contributed by atoms with Gasteiger partial charge < -0.3 is 49.6 Å². The van der Waals surface area contributed by atoms with Crippen molar-refractivity contribution in [2.24, 2.45) is 0 Å². The van der Waals surface area contributed by atoms with Crippen molar-refractivity contribution in [1.82, 2.24) is 0 Å². The normalized spacial score (nSPS) is 25.1. The zero-order valence-electron chi connectivity index (χ0n) is 16.5. The number of aromatic hydroxyl groups is 3. The summed E-state index contributed by atoms with van der Waals surface area (Å²) in [5, 5.41) is 68.4. The number of carboxylic acid groups (broad SMARTS) is 1. The van der Waals surface area contributed by atoms with Crippen LogP contribution < -0.4 is 10.2 Å². The lowest BCUT2D eigenvalue weighted by molar-refractivity contribution is -0.271. The van der Waals surface area contributed by atoms with Crippen LogP contribution in [-0.2, 0) is 9.53 Å². The fourth-order valence-electron chi connectivity index (χ4n) is 3.44. The van der Waals surface area contributed by atoms with Crippen LogP contribution in [0.2, 0.25) is 0 Å². The summed E-state index contributed by atoms with van der Waals surface area (Å²) < 4.78 is 16.2.